The van der Waals surface area contributed by atoms with Gasteiger partial charge in [0.05, 0.1) is 0 Å². The van der Waals surface area contributed by atoms with Crippen LogP contribution in [0.3, 0.4) is 0 Å². The Morgan fingerprint density at radius 3 is 2.59 bits per heavy atom. The molecule has 1 saturated carbocycles. The van der Waals surface area contributed by atoms with E-state index in [0.29, 0.717) is 0 Å². The Kier molecular flexibility index (Phi) is 5.69. The highest BCUT2D eigenvalue weighted by atomic mass is 15.0. The molecule has 22 heavy (non-hydrogen) atoms. The SMILES string of the molecule is C=C(NC1(C)CCCC1)C(N)C/C(=C/C)C1=CCCC=C1C. The van der Waals surface area contributed by atoms with Gasteiger partial charge in [-0.2, -0.15) is 0 Å². The van der Waals surface area contributed by atoms with Crippen LogP contribution in [0.25, 0.3) is 0 Å². The van der Waals surface area contributed by atoms with Crippen molar-refractivity contribution < 1.29 is 0 Å². The smallest absolute Gasteiger partial charge is 0.0479 e. The maximum Gasteiger partial charge on any atom is 0.0479 e. The Balaban J connectivity index is 1.97. The van der Waals surface area contributed by atoms with E-state index in [2.05, 4.69) is 50.9 Å². The molecule has 2 aliphatic rings. The van der Waals surface area contributed by atoms with Crippen LogP contribution in [0.2, 0.25) is 0 Å². The fourth-order valence-corrected chi connectivity index (χ4v) is 3.69. The first kappa shape index (κ1) is 17.1. The van der Waals surface area contributed by atoms with Gasteiger partial charge in [-0.3, -0.25) is 0 Å². The Labute approximate surface area is 136 Å². The van der Waals surface area contributed by atoms with Gasteiger partial charge in [-0.1, -0.05) is 37.6 Å². The van der Waals surface area contributed by atoms with Crippen molar-refractivity contribution in [2.45, 2.75) is 77.3 Å². The summed E-state index contributed by atoms with van der Waals surface area (Å²) < 4.78 is 0. The van der Waals surface area contributed by atoms with E-state index in [4.69, 9.17) is 5.73 Å². The summed E-state index contributed by atoms with van der Waals surface area (Å²) >= 11 is 0. The third-order valence-electron chi connectivity index (χ3n) is 5.14. The van der Waals surface area contributed by atoms with E-state index < -0.39 is 0 Å². The summed E-state index contributed by atoms with van der Waals surface area (Å²) in [7, 11) is 0. The molecule has 2 nitrogen and oxygen atoms in total. The highest BCUT2D eigenvalue weighted by Gasteiger charge is 2.29. The molecule has 3 N–H and O–H groups in total. The van der Waals surface area contributed by atoms with Crippen LogP contribution in [-0.4, -0.2) is 11.6 Å². The quantitative estimate of drug-likeness (QED) is 0.742. The molecule has 0 aliphatic heterocycles. The van der Waals surface area contributed by atoms with Gasteiger partial charge in [-0.05, 0) is 69.6 Å². The van der Waals surface area contributed by atoms with Crippen LogP contribution >= 0.6 is 0 Å². The van der Waals surface area contributed by atoms with Crippen LogP contribution in [0.1, 0.15) is 65.7 Å². The minimum Gasteiger partial charge on any atom is -0.382 e. The maximum absolute atomic E-state index is 6.43. The van der Waals surface area contributed by atoms with Crippen molar-refractivity contribution in [2.24, 2.45) is 5.73 Å². The predicted octanol–water partition coefficient (Wildman–Crippen LogP) is 4.75. The highest BCUT2D eigenvalue weighted by molar-refractivity contribution is 5.47. The Hall–Kier alpha value is -1.28. The van der Waals surface area contributed by atoms with Crippen molar-refractivity contribution in [3.8, 4) is 0 Å². The summed E-state index contributed by atoms with van der Waals surface area (Å²) in [5, 5.41) is 3.62. The van der Waals surface area contributed by atoms with E-state index in [9.17, 15) is 0 Å². The second kappa shape index (κ2) is 7.32. The molecule has 0 spiro atoms. The van der Waals surface area contributed by atoms with Crippen molar-refractivity contribution >= 4 is 0 Å². The summed E-state index contributed by atoms with van der Waals surface area (Å²) in [6.07, 6.45) is 15.1. The summed E-state index contributed by atoms with van der Waals surface area (Å²) in [6.45, 7) is 10.8. The van der Waals surface area contributed by atoms with Gasteiger partial charge in [-0.15, -0.1) is 0 Å². The van der Waals surface area contributed by atoms with Gasteiger partial charge in [0, 0.05) is 17.3 Å². The molecule has 0 aromatic carbocycles. The van der Waals surface area contributed by atoms with Gasteiger partial charge >= 0.3 is 0 Å². The maximum atomic E-state index is 6.43. The molecule has 0 radical (unpaired) electrons. The average Bonchev–Trinajstić information content (AvgIpc) is 2.91. The molecule has 0 saturated heterocycles. The lowest BCUT2D eigenvalue weighted by molar-refractivity contribution is 0.389. The fraction of sp³-hybridized carbons (Fsp3) is 0.600. The van der Waals surface area contributed by atoms with Gasteiger partial charge in [-0.25, -0.2) is 0 Å². The van der Waals surface area contributed by atoms with E-state index in [0.717, 1.165) is 25.0 Å². The number of allylic oxidation sites excluding steroid dienone is 5. The van der Waals surface area contributed by atoms with Crippen molar-refractivity contribution in [2.75, 3.05) is 0 Å². The molecule has 0 bridgehead atoms. The van der Waals surface area contributed by atoms with E-state index in [1.54, 1.807) is 0 Å². The van der Waals surface area contributed by atoms with Gasteiger partial charge < -0.3 is 11.1 Å². The molecule has 122 valence electrons. The number of rotatable bonds is 6. The first-order chi connectivity index (χ1) is 10.4. The molecule has 1 fully saturated rings. The third-order valence-corrected chi connectivity index (χ3v) is 5.14. The highest BCUT2D eigenvalue weighted by Crippen LogP contribution is 2.31. The summed E-state index contributed by atoms with van der Waals surface area (Å²) in [5.41, 5.74) is 11.7. The molecule has 2 rings (SSSR count). The second-order valence-electron chi connectivity index (χ2n) is 7.12. The number of hydrogen-bond acceptors (Lipinski definition) is 2. The molecule has 1 atom stereocenters. The first-order valence-corrected chi connectivity index (χ1v) is 8.70. The minimum atomic E-state index is -0.0285. The molecular formula is C20H32N2. The molecule has 0 heterocycles. The van der Waals surface area contributed by atoms with Crippen LogP contribution in [0.15, 0.2) is 47.2 Å². The molecule has 0 aromatic rings. The number of nitrogens with two attached hydrogens (primary N) is 1. The second-order valence-corrected chi connectivity index (χ2v) is 7.12. The van der Waals surface area contributed by atoms with Crippen molar-refractivity contribution in [3.05, 3.63) is 47.2 Å². The largest absolute Gasteiger partial charge is 0.382 e. The molecule has 0 amide bonds. The standard InChI is InChI=1S/C20H32N2/c1-5-17(18-11-7-6-10-15(18)2)14-19(21)16(3)22-20(4)12-8-9-13-20/h5,10-11,19,22H,3,6-9,12-14,21H2,1-2,4H3/b17-5-. The van der Waals surface area contributed by atoms with E-state index in [-0.39, 0.29) is 11.6 Å². The third kappa shape index (κ3) is 4.13. The van der Waals surface area contributed by atoms with Gasteiger partial charge in [0.15, 0.2) is 0 Å². The zero-order valence-electron chi connectivity index (χ0n) is 14.5. The fourth-order valence-electron chi connectivity index (χ4n) is 3.69. The normalized spacial score (nSPS) is 22.8. The first-order valence-electron chi connectivity index (χ1n) is 8.70. The monoisotopic (exact) mass is 300 g/mol. The summed E-state index contributed by atoms with van der Waals surface area (Å²) in [6, 6.07) is -0.0285. The van der Waals surface area contributed by atoms with Crippen LogP contribution in [0.5, 0.6) is 0 Å². The predicted molar refractivity (Wildman–Crippen MR) is 96.6 cm³/mol. The molecule has 2 aliphatic carbocycles. The van der Waals surface area contributed by atoms with Crippen molar-refractivity contribution in [1.82, 2.24) is 5.32 Å². The Morgan fingerprint density at radius 2 is 2.00 bits per heavy atom. The van der Waals surface area contributed by atoms with Crippen LogP contribution in [-0.2, 0) is 0 Å². The lowest BCUT2D eigenvalue weighted by Crippen LogP contribution is -2.43. The van der Waals surface area contributed by atoms with Crippen LogP contribution < -0.4 is 11.1 Å². The van der Waals surface area contributed by atoms with Crippen molar-refractivity contribution in [3.63, 3.8) is 0 Å². The zero-order chi connectivity index (χ0) is 16.2. The van der Waals surface area contributed by atoms with Crippen molar-refractivity contribution in [1.29, 1.82) is 0 Å². The lowest BCUT2D eigenvalue weighted by Gasteiger charge is -2.31. The molecule has 2 heteroatoms. The molecular weight excluding hydrogens is 268 g/mol. The van der Waals surface area contributed by atoms with E-state index in [1.807, 2.05) is 0 Å². The molecule has 0 aromatic heterocycles. The van der Waals surface area contributed by atoms with Gasteiger partial charge in [0.25, 0.3) is 0 Å². The van der Waals surface area contributed by atoms with E-state index >= 15 is 0 Å². The zero-order valence-corrected chi connectivity index (χ0v) is 14.5. The number of hydrogen-bond donors (Lipinski definition) is 2. The summed E-state index contributed by atoms with van der Waals surface area (Å²) in [5.74, 6) is 0. The topological polar surface area (TPSA) is 38.0 Å². The van der Waals surface area contributed by atoms with Gasteiger partial charge in [0.2, 0.25) is 0 Å². The Morgan fingerprint density at radius 1 is 1.36 bits per heavy atom. The van der Waals surface area contributed by atoms with Crippen LogP contribution in [0, 0.1) is 0 Å². The van der Waals surface area contributed by atoms with Gasteiger partial charge in [0.1, 0.15) is 0 Å². The minimum absolute atomic E-state index is 0.0285. The van der Waals surface area contributed by atoms with Crippen LogP contribution in [0.4, 0.5) is 0 Å². The van der Waals surface area contributed by atoms with E-state index in [1.165, 1.54) is 42.4 Å². The lowest BCUT2D eigenvalue weighted by atomic mass is 9.88. The number of nitrogens with one attached hydrogen (secondary N) is 1. The Bertz CT molecular complexity index is 502. The summed E-state index contributed by atoms with van der Waals surface area (Å²) in [4.78, 5) is 0. The average molecular weight is 300 g/mol. The molecule has 1 unspecified atom stereocenters.